The summed E-state index contributed by atoms with van der Waals surface area (Å²) in [6.07, 6.45) is 9.84. The fourth-order valence-corrected chi connectivity index (χ4v) is 1.91. The van der Waals surface area contributed by atoms with Gasteiger partial charge >= 0.3 is 0 Å². The van der Waals surface area contributed by atoms with E-state index >= 15 is 0 Å². The van der Waals surface area contributed by atoms with E-state index in [4.69, 9.17) is 0 Å². The van der Waals surface area contributed by atoms with Crippen LogP contribution in [0, 0.1) is 5.92 Å². The fourth-order valence-electron chi connectivity index (χ4n) is 1.91. The second kappa shape index (κ2) is 9.51. The standard InChI is InChI=1S/C13H29N/c1-5-7-10-13(6-2)11-8-9-12-14(3)4/h13H,5-12H2,1-4H3. The summed E-state index contributed by atoms with van der Waals surface area (Å²) in [5.74, 6) is 0.997. The normalized spacial score (nSPS) is 13.5. The van der Waals surface area contributed by atoms with Gasteiger partial charge in [0.25, 0.3) is 0 Å². The second-order valence-corrected chi connectivity index (χ2v) is 4.72. The van der Waals surface area contributed by atoms with Crippen molar-refractivity contribution in [1.29, 1.82) is 0 Å². The summed E-state index contributed by atoms with van der Waals surface area (Å²) < 4.78 is 0. The predicted molar refractivity (Wildman–Crippen MR) is 65.7 cm³/mol. The first-order chi connectivity index (χ1) is 6.70. The van der Waals surface area contributed by atoms with Crippen molar-refractivity contribution in [2.24, 2.45) is 5.92 Å². The van der Waals surface area contributed by atoms with Gasteiger partial charge in [0.05, 0.1) is 0 Å². The molecule has 0 aliphatic carbocycles. The van der Waals surface area contributed by atoms with Gasteiger partial charge in [0.15, 0.2) is 0 Å². The summed E-state index contributed by atoms with van der Waals surface area (Å²) in [6.45, 7) is 5.88. The van der Waals surface area contributed by atoms with Gasteiger partial charge in [0.2, 0.25) is 0 Å². The first-order valence-electron chi connectivity index (χ1n) is 6.35. The Morgan fingerprint density at radius 3 is 2.07 bits per heavy atom. The molecule has 0 aliphatic rings. The van der Waals surface area contributed by atoms with Crippen molar-refractivity contribution in [2.75, 3.05) is 20.6 Å². The van der Waals surface area contributed by atoms with Crippen molar-refractivity contribution in [3.8, 4) is 0 Å². The number of nitrogens with zero attached hydrogens (tertiary/aromatic N) is 1. The maximum absolute atomic E-state index is 2.34. The Labute approximate surface area is 90.9 Å². The molecule has 0 saturated heterocycles. The summed E-state index contributed by atoms with van der Waals surface area (Å²) in [6, 6.07) is 0. The minimum atomic E-state index is 0.997. The summed E-state index contributed by atoms with van der Waals surface area (Å²) in [7, 11) is 4.32. The summed E-state index contributed by atoms with van der Waals surface area (Å²) in [5, 5.41) is 0. The minimum Gasteiger partial charge on any atom is -0.309 e. The van der Waals surface area contributed by atoms with E-state index in [0.717, 1.165) is 5.92 Å². The van der Waals surface area contributed by atoms with Crippen LogP contribution in [0.5, 0.6) is 0 Å². The summed E-state index contributed by atoms with van der Waals surface area (Å²) >= 11 is 0. The Morgan fingerprint density at radius 1 is 0.929 bits per heavy atom. The van der Waals surface area contributed by atoms with Crippen LogP contribution < -0.4 is 0 Å². The summed E-state index contributed by atoms with van der Waals surface area (Å²) in [5.41, 5.74) is 0. The van der Waals surface area contributed by atoms with Crippen LogP contribution in [0.25, 0.3) is 0 Å². The molecule has 0 bridgehead atoms. The Balaban J connectivity index is 3.33. The van der Waals surface area contributed by atoms with Crippen LogP contribution >= 0.6 is 0 Å². The molecule has 0 aromatic heterocycles. The monoisotopic (exact) mass is 199 g/mol. The molecule has 0 N–H and O–H groups in total. The van der Waals surface area contributed by atoms with E-state index in [1.165, 1.54) is 51.5 Å². The SMILES string of the molecule is CCCCC(CC)CCCCN(C)C. The van der Waals surface area contributed by atoms with Gasteiger partial charge < -0.3 is 4.90 Å². The lowest BCUT2D eigenvalue weighted by Gasteiger charge is -2.15. The van der Waals surface area contributed by atoms with E-state index in [-0.39, 0.29) is 0 Å². The Morgan fingerprint density at radius 2 is 1.57 bits per heavy atom. The Hall–Kier alpha value is -0.0400. The lowest BCUT2D eigenvalue weighted by atomic mass is 9.93. The van der Waals surface area contributed by atoms with Crippen LogP contribution in [0.2, 0.25) is 0 Å². The van der Waals surface area contributed by atoms with Gasteiger partial charge in [0, 0.05) is 0 Å². The largest absolute Gasteiger partial charge is 0.309 e. The molecule has 1 atom stereocenters. The smallest absolute Gasteiger partial charge is 0.00248 e. The number of hydrogen-bond acceptors (Lipinski definition) is 1. The molecule has 1 heteroatoms. The van der Waals surface area contributed by atoms with Crippen molar-refractivity contribution < 1.29 is 0 Å². The van der Waals surface area contributed by atoms with Gasteiger partial charge in [-0.3, -0.25) is 0 Å². The van der Waals surface area contributed by atoms with E-state index in [0.29, 0.717) is 0 Å². The molecule has 14 heavy (non-hydrogen) atoms. The predicted octanol–water partition coefficient (Wildman–Crippen LogP) is 3.93. The first-order valence-corrected chi connectivity index (χ1v) is 6.35. The molecule has 86 valence electrons. The van der Waals surface area contributed by atoms with Crippen LogP contribution in [-0.4, -0.2) is 25.5 Å². The molecular formula is C13H29N. The quantitative estimate of drug-likeness (QED) is 0.508. The lowest BCUT2D eigenvalue weighted by Crippen LogP contribution is -2.13. The molecule has 1 nitrogen and oxygen atoms in total. The van der Waals surface area contributed by atoms with E-state index in [1.807, 2.05) is 0 Å². The molecule has 0 heterocycles. The molecule has 0 aromatic carbocycles. The molecule has 1 unspecified atom stereocenters. The highest BCUT2D eigenvalue weighted by atomic mass is 15.0. The third kappa shape index (κ3) is 8.55. The van der Waals surface area contributed by atoms with Crippen molar-refractivity contribution >= 4 is 0 Å². The highest BCUT2D eigenvalue weighted by molar-refractivity contribution is 4.58. The zero-order chi connectivity index (χ0) is 10.8. The van der Waals surface area contributed by atoms with E-state index in [9.17, 15) is 0 Å². The Bertz CT molecular complexity index is 110. The lowest BCUT2D eigenvalue weighted by molar-refractivity contribution is 0.360. The highest BCUT2D eigenvalue weighted by Crippen LogP contribution is 2.19. The number of rotatable bonds is 9. The fraction of sp³-hybridized carbons (Fsp3) is 1.00. The average Bonchev–Trinajstić information content (AvgIpc) is 2.16. The maximum atomic E-state index is 2.34. The van der Waals surface area contributed by atoms with E-state index in [1.54, 1.807) is 0 Å². The van der Waals surface area contributed by atoms with Crippen LogP contribution in [0.3, 0.4) is 0 Å². The third-order valence-electron chi connectivity index (χ3n) is 3.01. The molecular weight excluding hydrogens is 170 g/mol. The van der Waals surface area contributed by atoms with Gasteiger partial charge in [0.1, 0.15) is 0 Å². The average molecular weight is 199 g/mol. The molecule has 0 aliphatic heterocycles. The van der Waals surface area contributed by atoms with Gasteiger partial charge in [-0.1, -0.05) is 52.4 Å². The van der Waals surface area contributed by atoms with Crippen molar-refractivity contribution in [1.82, 2.24) is 4.90 Å². The summed E-state index contributed by atoms with van der Waals surface area (Å²) in [4.78, 5) is 2.28. The van der Waals surface area contributed by atoms with Gasteiger partial charge in [-0.05, 0) is 33.0 Å². The Kier molecular flexibility index (Phi) is 9.49. The van der Waals surface area contributed by atoms with Gasteiger partial charge in [-0.15, -0.1) is 0 Å². The molecule has 0 rings (SSSR count). The molecule has 0 spiro atoms. The van der Waals surface area contributed by atoms with Crippen LogP contribution in [0.4, 0.5) is 0 Å². The number of unbranched alkanes of at least 4 members (excludes halogenated alkanes) is 2. The van der Waals surface area contributed by atoms with Crippen molar-refractivity contribution in [3.63, 3.8) is 0 Å². The molecule has 0 fully saturated rings. The van der Waals surface area contributed by atoms with Gasteiger partial charge in [-0.2, -0.15) is 0 Å². The molecule has 0 amide bonds. The van der Waals surface area contributed by atoms with E-state index < -0.39 is 0 Å². The van der Waals surface area contributed by atoms with Crippen LogP contribution in [0.1, 0.15) is 58.8 Å². The van der Waals surface area contributed by atoms with Crippen molar-refractivity contribution in [2.45, 2.75) is 58.8 Å². The second-order valence-electron chi connectivity index (χ2n) is 4.72. The maximum Gasteiger partial charge on any atom is -0.00248 e. The molecule has 0 saturated carbocycles. The topological polar surface area (TPSA) is 3.24 Å². The van der Waals surface area contributed by atoms with Crippen LogP contribution in [0.15, 0.2) is 0 Å². The van der Waals surface area contributed by atoms with Crippen LogP contribution in [-0.2, 0) is 0 Å². The number of hydrogen-bond donors (Lipinski definition) is 0. The minimum absolute atomic E-state index is 0.997. The highest BCUT2D eigenvalue weighted by Gasteiger charge is 2.04. The van der Waals surface area contributed by atoms with E-state index in [2.05, 4.69) is 32.8 Å². The molecule has 0 aromatic rings. The van der Waals surface area contributed by atoms with Crippen molar-refractivity contribution in [3.05, 3.63) is 0 Å². The zero-order valence-electron chi connectivity index (χ0n) is 10.7. The molecule has 0 radical (unpaired) electrons. The third-order valence-corrected chi connectivity index (χ3v) is 3.01. The zero-order valence-corrected chi connectivity index (χ0v) is 10.7. The first kappa shape index (κ1) is 14.0. The van der Waals surface area contributed by atoms with Gasteiger partial charge in [-0.25, -0.2) is 0 Å².